The maximum Gasteiger partial charge on any atom is 0.321 e. The summed E-state index contributed by atoms with van der Waals surface area (Å²) in [6, 6.07) is 15.4. The fourth-order valence-electron chi connectivity index (χ4n) is 2.69. The molecule has 1 aliphatic rings. The second kappa shape index (κ2) is 7.36. The number of hydrogen-bond acceptors (Lipinski definition) is 3. The highest BCUT2D eigenvalue weighted by Crippen LogP contribution is 2.21. The van der Waals surface area contributed by atoms with Crippen LogP contribution in [0.2, 0.25) is 0 Å². The summed E-state index contributed by atoms with van der Waals surface area (Å²) in [5.41, 5.74) is 3.02. The smallest absolute Gasteiger partial charge is 0.321 e. The number of hydrogen-bond donors (Lipinski definition) is 2. The van der Waals surface area contributed by atoms with Crippen molar-refractivity contribution in [2.24, 2.45) is 5.92 Å². The molecule has 0 aliphatic carbocycles. The van der Waals surface area contributed by atoms with Crippen molar-refractivity contribution >= 4 is 11.7 Å². The van der Waals surface area contributed by atoms with E-state index in [9.17, 15) is 4.79 Å². The number of rotatable bonds is 5. The Labute approximate surface area is 141 Å². The van der Waals surface area contributed by atoms with E-state index < -0.39 is 0 Å². The fourth-order valence-corrected chi connectivity index (χ4v) is 2.69. The predicted octanol–water partition coefficient (Wildman–Crippen LogP) is 3.03. The Morgan fingerprint density at radius 2 is 2.04 bits per heavy atom. The molecule has 0 radical (unpaired) electrons. The van der Waals surface area contributed by atoms with Gasteiger partial charge in [-0.3, -0.25) is 0 Å². The monoisotopic (exact) mass is 326 g/mol. The van der Waals surface area contributed by atoms with E-state index in [1.165, 1.54) is 5.56 Å². The number of urea groups is 1. The molecule has 0 atom stereocenters. The minimum atomic E-state index is -0.143. The molecule has 2 amide bonds. The molecule has 5 nitrogen and oxygen atoms in total. The van der Waals surface area contributed by atoms with Gasteiger partial charge in [0.1, 0.15) is 12.4 Å². The number of carbonyl (C=O) groups is 1. The Balaban J connectivity index is 1.55. The molecular weight excluding hydrogens is 304 g/mol. The number of amides is 2. The SMILES string of the molecule is Cc1cccc(COc2cccc(NC(=O)N3CC(CO)C3)c2)c1. The molecule has 1 aliphatic heterocycles. The molecule has 2 aromatic rings. The van der Waals surface area contributed by atoms with E-state index in [0.29, 0.717) is 31.1 Å². The van der Waals surface area contributed by atoms with Crippen molar-refractivity contribution in [2.45, 2.75) is 13.5 Å². The molecule has 0 saturated carbocycles. The first kappa shape index (κ1) is 16.3. The Hall–Kier alpha value is -2.53. The number of likely N-dealkylation sites (tertiary alicyclic amines) is 1. The molecular formula is C19H22N2O3. The van der Waals surface area contributed by atoms with Gasteiger partial charge >= 0.3 is 6.03 Å². The van der Waals surface area contributed by atoms with E-state index in [-0.39, 0.29) is 18.6 Å². The van der Waals surface area contributed by atoms with Gasteiger partial charge in [0.2, 0.25) is 0 Å². The first-order valence-electron chi connectivity index (χ1n) is 8.09. The molecule has 2 N–H and O–H groups in total. The third kappa shape index (κ3) is 4.06. The highest BCUT2D eigenvalue weighted by Gasteiger charge is 2.29. The van der Waals surface area contributed by atoms with Gasteiger partial charge in [0.25, 0.3) is 0 Å². The van der Waals surface area contributed by atoms with Crippen molar-refractivity contribution in [1.29, 1.82) is 0 Å². The molecule has 3 rings (SSSR count). The topological polar surface area (TPSA) is 61.8 Å². The Morgan fingerprint density at radius 1 is 1.25 bits per heavy atom. The lowest BCUT2D eigenvalue weighted by atomic mass is 10.0. The highest BCUT2D eigenvalue weighted by atomic mass is 16.5. The van der Waals surface area contributed by atoms with E-state index in [1.807, 2.05) is 36.4 Å². The van der Waals surface area contributed by atoms with Crippen molar-refractivity contribution in [2.75, 3.05) is 25.0 Å². The van der Waals surface area contributed by atoms with Gasteiger partial charge in [-0.15, -0.1) is 0 Å². The van der Waals surface area contributed by atoms with Crippen LogP contribution in [0.3, 0.4) is 0 Å². The number of nitrogens with one attached hydrogen (secondary N) is 1. The molecule has 1 saturated heterocycles. The maximum atomic E-state index is 12.1. The maximum absolute atomic E-state index is 12.1. The van der Waals surface area contributed by atoms with Crippen LogP contribution in [0.5, 0.6) is 5.75 Å². The van der Waals surface area contributed by atoms with Crippen LogP contribution in [0.4, 0.5) is 10.5 Å². The average Bonchev–Trinajstić information content (AvgIpc) is 2.52. The summed E-state index contributed by atoms with van der Waals surface area (Å²) in [6.45, 7) is 3.88. The molecule has 24 heavy (non-hydrogen) atoms. The number of aryl methyl sites for hydroxylation is 1. The molecule has 5 heteroatoms. The van der Waals surface area contributed by atoms with Crippen LogP contribution in [0.15, 0.2) is 48.5 Å². The number of aliphatic hydroxyl groups excluding tert-OH is 1. The second-order valence-electron chi connectivity index (χ2n) is 6.19. The van der Waals surface area contributed by atoms with Crippen molar-refractivity contribution in [1.82, 2.24) is 4.90 Å². The van der Waals surface area contributed by atoms with Gasteiger partial charge in [0.05, 0.1) is 0 Å². The van der Waals surface area contributed by atoms with Crippen LogP contribution >= 0.6 is 0 Å². The minimum Gasteiger partial charge on any atom is -0.489 e. The first-order chi connectivity index (χ1) is 11.6. The summed E-state index contributed by atoms with van der Waals surface area (Å²) in [4.78, 5) is 13.8. The van der Waals surface area contributed by atoms with E-state index in [4.69, 9.17) is 9.84 Å². The highest BCUT2D eigenvalue weighted by molar-refractivity contribution is 5.90. The Bertz CT molecular complexity index is 711. The van der Waals surface area contributed by atoms with Crippen molar-refractivity contribution in [3.05, 3.63) is 59.7 Å². The van der Waals surface area contributed by atoms with Crippen molar-refractivity contribution in [3.63, 3.8) is 0 Å². The fraction of sp³-hybridized carbons (Fsp3) is 0.316. The standard InChI is InChI=1S/C19H22N2O3/c1-14-4-2-5-15(8-14)13-24-18-7-3-6-17(9-18)20-19(23)21-10-16(11-21)12-22/h2-9,16,22H,10-13H2,1H3,(H,20,23). The normalized spacial score (nSPS) is 14.2. The van der Waals surface area contributed by atoms with Gasteiger partial charge in [-0.25, -0.2) is 4.79 Å². The van der Waals surface area contributed by atoms with Crippen LogP contribution in [0.25, 0.3) is 0 Å². The van der Waals surface area contributed by atoms with Gasteiger partial charge in [0.15, 0.2) is 0 Å². The minimum absolute atomic E-state index is 0.131. The lowest BCUT2D eigenvalue weighted by molar-refractivity contribution is 0.0838. The summed E-state index contributed by atoms with van der Waals surface area (Å²) >= 11 is 0. The molecule has 0 spiro atoms. The van der Waals surface area contributed by atoms with Crippen molar-refractivity contribution < 1.29 is 14.6 Å². The second-order valence-corrected chi connectivity index (χ2v) is 6.19. The Morgan fingerprint density at radius 3 is 2.79 bits per heavy atom. The average molecular weight is 326 g/mol. The van der Waals surface area contributed by atoms with Crippen LogP contribution in [0.1, 0.15) is 11.1 Å². The van der Waals surface area contributed by atoms with E-state index in [2.05, 4.69) is 24.4 Å². The molecule has 0 aromatic heterocycles. The van der Waals surface area contributed by atoms with Crippen molar-refractivity contribution in [3.8, 4) is 5.75 Å². The summed E-state index contributed by atoms with van der Waals surface area (Å²) < 4.78 is 5.81. The summed E-state index contributed by atoms with van der Waals surface area (Å²) in [6.07, 6.45) is 0. The molecule has 1 heterocycles. The number of anilines is 1. The molecule has 2 aromatic carbocycles. The lowest BCUT2D eigenvalue weighted by Crippen LogP contribution is -2.52. The molecule has 1 fully saturated rings. The number of benzene rings is 2. The molecule has 126 valence electrons. The lowest BCUT2D eigenvalue weighted by Gasteiger charge is -2.38. The van der Waals surface area contributed by atoms with E-state index >= 15 is 0 Å². The zero-order valence-corrected chi connectivity index (χ0v) is 13.7. The van der Waals surface area contributed by atoms with Gasteiger partial charge in [-0.2, -0.15) is 0 Å². The largest absolute Gasteiger partial charge is 0.489 e. The quantitative estimate of drug-likeness (QED) is 0.888. The third-order valence-electron chi connectivity index (χ3n) is 4.08. The van der Waals surface area contributed by atoms with Gasteiger partial charge < -0.3 is 20.1 Å². The Kier molecular flexibility index (Phi) is 5.01. The zero-order valence-electron chi connectivity index (χ0n) is 13.7. The molecule has 0 bridgehead atoms. The van der Waals surface area contributed by atoms with E-state index in [1.54, 1.807) is 4.90 Å². The van der Waals surface area contributed by atoms with Gasteiger partial charge in [0, 0.05) is 37.4 Å². The summed E-state index contributed by atoms with van der Waals surface area (Å²) in [5.74, 6) is 0.922. The predicted molar refractivity (Wildman–Crippen MR) is 93.1 cm³/mol. The van der Waals surface area contributed by atoms with Crippen LogP contribution < -0.4 is 10.1 Å². The summed E-state index contributed by atoms with van der Waals surface area (Å²) in [7, 11) is 0. The van der Waals surface area contributed by atoms with Gasteiger partial charge in [-0.05, 0) is 24.6 Å². The number of carbonyl (C=O) groups excluding carboxylic acids is 1. The summed E-state index contributed by atoms with van der Waals surface area (Å²) in [5, 5.41) is 11.9. The first-order valence-corrected chi connectivity index (χ1v) is 8.09. The van der Waals surface area contributed by atoms with Crippen LogP contribution in [0, 0.1) is 12.8 Å². The number of ether oxygens (including phenoxy) is 1. The van der Waals surface area contributed by atoms with Gasteiger partial charge in [-0.1, -0.05) is 35.9 Å². The number of nitrogens with zero attached hydrogens (tertiary/aromatic N) is 1. The number of aliphatic hydroxyl groups is 1. The van der Waals surface area contributed by atoms with Crippen LogP contribution in [-0.2, 0) is 6.61 Å². The van der Waals surface area contributed by atoms with E-state index in [0.717, 1.165) is 5.56 Å². The molecule has 0 unspecified atom stereocenters. The zero-order chi connectivity index (χ0) is 16.9. The van der Waals surface area contributed by atoms with Crippen LogP contribution in [-0.4, -0.2) is 35.7 Å². The third-order valence-corrected chi connectivity index (χ3v) is 4.08.